The van der Waals surface area contributed by atoms with Gasteiger partial charge in [0.2, 0.25) is 0 Å². The minimum absolute atomic E-state index is 0.184. The molecule has 0 spiro atoms. The highest BCUT2D eigenvalue weighted by molar-refractivity contribution is 4.78. The van der Waals surface area contributed by atoms with Crippen LogP contribution in [0.2, 0.25) is 0 Å². The minimum atomic E-state index is -0.428. The fourth-order valence-corrected chi connectivity index (χ4v) is 1.22. The van der Waals surface area contributed by atoms with Crippen molar-refractivity contribution in [3.8, 4) is 0 Å². The second kappa shape index (κ2) is 1.68. The molecule has 0 aromatic heterocycles. The maximum Gasteiger partial charge on any atom is 0.189 e. The summed E-state index contributed by atoms with van der Waals surface area (Å²) in [6.45, 7) is 3.86. The molecule has 3 nitrogen and oxygen atoms in total. The van der Waals surface area contributed by atoms with Gasteiger partial charge in [-0.3, -0.25) is 0 Å². The molecule has 1 unspecified atom stereocenters. The van der Waals surface area contributed by atoms with Crippen molar-refractivity contribution in [2.24, 2.45) is 0 Å². The fraction of sp³-hybridized carbons (Fsp3) is 1.00. The van der Waals surface area contributed by atoms with Crippen molar-refractivity contribution >= 4 is 0 Å². The predicted molar refractivity (Wildman–Crippen MR) is 30.0 cm³/mol. The Labute approximate surface area is 53.9 Å². The molecule has 0 aliphatic carbocycles. The van der Waals surface area contributed by atoms with Gasteiger partial charge in [0, 0.05) is 0 Å². The average molecular weight is 130 g/mol. The van der Waals surface area contributed by atoms with E-state index in [1.54, 1.807) is 0 Å². The lowest BCUT2D eigenvalue weighted by molar-refractivity contribution is -0.224. The maximum atomic E-state index is 5.44. The second-order valence-corrected chi connectivity index (χ2v) is 2.70. The van der Waals surface area contributed by atoms with E-state index in [-0.39, 0.29) is 6.10 Å². The van der Waals surface area contributed by atoms with Crippen molar-refractivity contribution in [1.29, 1.82) is 0 Å². The van der Waals surface area contributed by atoms with E-state index in [4.69, 9.17) is 14.2 Å². The normalized spacial score (nSPS) is 49.7. The molecule has 2 fully saturated rings. The van der Waals surface area contributed by atoms with E-state index < -0.39 is 5.79 Å². The molecule has 2 aliphatic heterocycles. The molecule has 3 heteroatoms. The summed E-state index contributed by atoms with van der Waals surface area (Å²) in [5.41, 5.74) is 0. The van der Waals surface area contributed by atoms with E-state index in [1.165, 1.54) is 0 Å². The van der Waals surface area contributed by atoms with Crippen LogP contribution < -0.4 is 0 Å². The third-order valence-electron chi connectivity index (χ3n) is 1.66. The van der Waals surface area contributed by atoms with Crippen LogP contribution in [-0.4, -0.2) is 31.7 Å². The zero-order chi connectivity index (χ0) is 6.32. The fourth-order valence-electron chi connectivity index (χ4n) is 1.22. The second-order valence-electron chi connectivity index (χ2n) is 2.70. The molecular formula is C6H10O3. The van der Waals surface area contributed by atoms with Crippen LogP contribution in [0.15, 0.2) is 0 Å². The first kappa shape index (κ1) is 5.65. The van der Waals surface area contributed by atoms with Crippen LogP contribution in [0.3, 0.4) is 0 Å². The number of hydrogen-bond acceptors (Lipinski definition) is 3. The summed E-state index contributed by atoms with van der Waals surface area (Å²) in [5.74, 6) is -0.428. The van der Waals surface area contributed by atoms with E-state index in [9.17, 15) is 0 Å². The van der Waals surface area contributed by atoms with Gasteiger partial charge in [0.25, 0.3) is 0 Å². The van der Waals surface area contributed by atoms with E-state index in [1.807, 2.05) is 6.92 Å². The Morgan fingerprint density at radius 1 is 1.44 bits per heavy atom. The van der Waals surface area contributed by atoms with Crippen molar-refractivity contribution in [3.63, 3.8) is 0 Å². The molecule has 2 heterocycles. The van der Waals surface area contributed by atoms with Gasteiger partial charge >= 0.3 is 0 Å². The molecule has 2 rings (SSSR count). The monoisotopic (exact) mass is 130 g/mol. The summed E-state index contributed by atoms with van der Waals surface area (Å²) in [6.07, 6.45) is 0.184. The summed E-state index contributed by atoms with van der Waals surface area (Å²) in [5, 5.41) is 0. The van der Waals surface area contributed by atoms with Crippen molar-refractivity contribution in [2.75, 3.05) is 19.8 Å². The molecule has 0 amide bonds. The Hall–Kier alpha value is -0.120. The Bertz CT molecular complexity index is 121. The third kappa shape index (κ3) is 0.852. The van der Waals surface area contributed by atoms with Gasteiger partial charge in [-0.15, -0.1) is 0 Å². The summed E-state index contributed by atoms with van der Waals surface area (Å²) in [6, 6.07) is 0. The van der Waals surface area contributed by atoms with Gasteiger partial charge in [-0.1, -0.05) is 0 Å². The molecule has 0 N–H and O–H groups in total. The quantitative estimate of drug-likeness (QED) is 0.467. The average Bonchev–Trinajstić information content (AvgIpc) is 2.07. The van der Waals surface area contributed by atoms with Gasteiger partial charge in [-0.05, 0) is 6.92 Å². The van der Waals surface area contributed by atoms with E-state index in [2.05, 4.69) is 0 Å². The van der Waals surface area contributed by atoms with Crippen LogP contribution in [-0.2, 0) is 14.2 Å². The van der Waals surface area contributed by atoms with E-state index in [0.717, 1.165) is 0 Å². The first-order valence-corrected chi connectivity index (χ1v) is 3.18. The number of fused-ring (bicyclic) bond motifs is 2. The minimum Gasteiger partial charge on any atom is -0.373 e. The molecule has 0 saturated carbocycles. The van der Waals surface area contributed by atoms with Crippen molar-refractivity contribution in [2.45, 2.75) is 18.8 Å². The van der Waals surface area contributed by atoms with Crippen LogP contribution in [0.4, 0.5) is 0 Å². The Kier molecular flexibility index (Phi) is 1.06. The SMILES string of the molecule is CC12COC[C@@H](CO1)O2. The molecule has 2 bridgehead atoms. The lowest BCUT2D eigenvalue weighted by atomic mass is 10.3. The molecular weight excluding hydrogens is 120 g/mol. The summed E-state index contributed by atoms with van der Waals surface area (Å²) < 4.78 is 16.0. The van der Waals surface area contributed by atoms with Gasteiger partial charge in [0.05, 0.1) is 13.2 Å². The van der Waals surface area contributed by atoms with Crippen molar-refractivity contribution in [3.05, 3.63) is 0 Å². The van der Waals surface area contributed by atoms with Gasteiger partial charge in [-0.25, -0.2) is 0 Å². The molecule has 0 radical (unpaired) electrons. The zero-order valence-corrected chi connectivity index (χ0v) is 5.42. The molecule has 9 heavy (non-hydrogen) atoms. The number of rotatable bonds is 0. The van der Waals surface area contributed by atoms with Gasteiger partial charge < -0.3 is 14.2 Å². The highest BCUT2D eigenvalue weighted by atomic mass is 16.8. The molecule has 2 atom stereocenters. The first-order chi connectivity index (χ1) is 4.29. The number of hydrogen-bond donors (Lipinski definition) is 0. The van der Waals surface area contributed by atoms with Crippen LogP contribution >= 0.6 is 0 Å². The first-order valence-electron chi connectivity index (χ1n) is 3.18. The largest absolute Gasteiger partial charge is 0.373 e. The molecule has 2 aliphatic rings. The lowest BCUT2D eigenvalue weighted by Crippen LogP contribution is -2.38. The molecule has 52 valence electrons. The standard InChI is InChI=1S/C6H10O3/c1-6-4-7-2-5(9-6)3-8-6/h5H,2-4H2,1H3/t5-,6?/m0/s1. The van der Waals surface area contributed by atoms with Crippen LogP contribution in [0.25, 0.3) is 0 Å². The summed E-state index contributed by atoms with van der Waals surface area (Å²) in [7, 11) is 0. The third-order valence-corrected chi connectivity index (χ3v) is 1.66. The molecule has 0 aromatic carbocycles. The van der Waals surface area contributed by atoms with Gasteiger partial charge in [-0.2, -0.15) is 0 Å². The Morgan fingerprint density at radius 2 is 2.33 bits per heavy atom. The summed E-state index contributed by atoms with van der Waals surface area (Å²) >= 11 is 0. The highest BCUT2D eigenvalue weighted by Crippen LogP contribution is 2.27. The van der Waals surface area contributed by atoms with Crippen LogP contribution in [0.1, 0.15) is 6.92 Å². The predicted octanol–water partition coefficient (Wildman–Crippen LogP) is 0.148. The van der Waals surface area contributed by atoms with Crippen LogP contribution in [0.5, 0.6) is 0 Å². The zero-order valence-electron chi connectivity index (χ0n) is 5.42. The van der Waals surface area contributed by atoms with E-state index in [0.29, 0.717) is 19.8 Å². The highest BCUT2D eigenvalue weighted by Gasteiger charge is 2.41. The maximum absolute atomic E-state index is 5.44. The van der Waals surface area contributed by atoms with Crippen molar-refractivity contribution in [1.82, 2.24) is 0 Å². The van der Waals surface area contributed by atoms with Gasteiger partial charge in [0.1, 0.15) is 12.7 Å². The number of ether oxygens (including phenoxy) is 3. The smallest absolute Gasteiger partial charge is 0.189 e. The Balaban J connectivity index is 2.13. The lowest BCUT2D eigenvalue weighted by Gasteiger charge is -2.27. The topological polar surface area (TPSA) is 27.7 Å². The Morgan fingerprint density at radius 3 is 3.00 bits per heavy atom. The van der Waals surface area contributed by atoms with Gasteiger partial charge in [0.15, 0.2) is 5.79 Å². The van der Waals surface area contributed by atoms with Crippen LogP contribution in [0, 0.1) is 0 Å². The summed E-state index contributed by atoms with van der Waals surface area (Å²) in [4.78, 5) is 0. The molecule has 2 saturated heterocycles. The van der Waals surface area contributed by atoms with Crippen molar-refractivity contribution < 1.29 is 14.2 Å². The van der Waals surface area contributed by atoms with E-state index >= 15 is 0 Å². The molecule has 0 aromatic rings.